The van der Waals surface area contributed by atoms with Crippen LogP contribution in [0.2, 0.25) is 0 Å². The van der Waals surface area contributed by atoms with Crippen molar-refractivity contribution < 1.29 is 5.11 Å². The van der Waals surface area contributed by atoms with Crippen molar-refractivity contribution >= 4 is 0 Å². The van der Waals surface area contributed by atoms with Crippen molar-refractivity contribution in [1.82, 2.24) is 16.0 Å². The first-order valence-electron chi connectivity index (χ1n) is 9.84. The molecule has 2 aliphatic heterocycles. The van der Waals surface area contributed by atoms with Gasteiger partial charge in [0.25, 0.3) is 0 Å². The number of piperidine rings is 1. The topological polar surface area (TPSA) is 56.3 Å². The van der Waals surface area contributed by atoms with Gasteiger partial charge in [-0.3, -0.25) is 5.32 Å². The first-order chi connectivity index (χ1) is 11.2. The van der Waals surface area contributed by atoms with E-state index in [9.17, 15) is 5.11 Å². The van der Waals surface area contributed by atoms with Gasteiger partial charge < -0.3 is 15.7 Å². The molecule has 3 fully saturated rings. The third-order valence-corrected chi connectivity index (χ3v) is 6.85. The van der Waals surface area contributed by atoms with Gasteiger partial charge in [-0.05, 0) is 75.2 Å². The third-order valence-electron chi connectivity index (χ3n) is 6.85. The quantitative estimate of drug-likeness (QED) is 0.644. The Morgan fingerprint density at radius 1 is 1.04 bits per heavy atom. The molecule has 0 aromatic rings. The molecule has 23 heavy (non-hydrogen) atoms. The average molecular weight is 319 g/mol. The van der Waals surface area contributed by atoms with Crippen LogP contribution in [0.1, 0.15) is 51.9 Å². The molecule has 0 radical (unpaired) electrons. The predicted octanol–water partition coefficient (Wildman–Crippen LogP) is 2.17. The molecular weight excluding hydrogens is 286 g/mol. The number of rotatable bonds is 3. The smallest absolute Gasteiger partial charge is 0.181 e. The van der Waals surface area contributed by atoms with Crippen molar-refractivity contribution in [2.75, 3.05) is 13.1 Å². The van der Waals surface area contributed by atoms with Crippen LogP contribution >= 0.6 is 0 Å². The standard InChI is InChI=1S/C19H33N3O/c1-12-11-14(6-7-15(12)13-4-5-13)18-16(3-2-9-20-18)17-8-10-21-19(23)22-17/h8,12-16,18-23H,2-7,9-11H2,1H3. The van der Waals surface area contributed by atoms with E-state index in [0.717, 1.165) is 36.8 Å². The van der Waals surface area contributed by atoms with Crippen LogP contribution in [0.15, 0.2) is 11.8 Å². The van der Waals surface area contributed by atoms with Crippen LogP contribution in [0.3, 0.4) is 0 Å². The number of nitrogens with one attached hydrogen (secondary N) is 3. The van der Waals surface area contributed by atoms with Crippen LogP contribution in [0.25, 0.3) is 0 Å². The molecule has 4 nitrogen and oxygen atoms in total. The maximum Gasteiger partial charge on any atom is 0.181 e. The summed E-state index contributed by atoms with van der Waals surface area (Å²) >= 11 is 0. The van der Waals surface area contributed by atoms with Gasteiger partial charge in [0.15, 0.2) is 6.35 Å². The summed E-state index contributed by atoms with van der Waals surface area (Å²) in [6.07, 6.45) is 11.4. The van der Waals surface area contributed by atoms with Gasteiger partial charge in [-0.1, -0.05) is 13.0 Å². The molecule has 0 amide bonds. The Kier molecular flexibility index (Phi) is 4.66. The highest BCUT2D eigenvalue weighted by atomic mass is 16.3. The lowest BCUT2D eigenvalue weighted by Gasteiger charge is -2.45. The molecule has 4 heteroatoms. The van der Waals surface area contributed by atoms with Gasteiger partial charge in [0.2, 0.25) is 0 Å². The van der Waals surface area contributed by atoms with E-state index in [1.165, 1.54) is 50.6 Å². The van der Waals surface area contributed by atoms with E-state index < -0.39 is 6.35 Å². The van der Waals surface area contributed by atoms with E-state index in [0.29, 0.717) is 12.0 Å². The first kappa shape index (κ1) is 15.9. The lowest BCUT2D eigenvalue weighted by Crippen LogP contribution is -2.54. The monoisotopic (exact) mass is 319 g/mol. The first-order valence-corrected chi connectivity index (χ1v) is 9.84. The van der Waals surface area contributed by atoms with Crippen LogP contribution < -0.4 is 16.0 Å². The van der Waals surface area contributed by atoms with E-state index in [2.05, 4.69) is 29.0 Å². The zero-order valence-corrected chi connectivity index (χ0v) is 14.4. The summed E-state index contributed by atoms with van der Waals surface area (Å²) in [7, 11) is 0. The lowest BCUT2D eigenvalue weighted by molar-refractivity contribution is 0.0864. The highest BCUT2D eigenvalue weighted by Gasteiger charge is 2.42. The van der Waals surface area contributed by atoms with Crippen molar-refractivity contribution in [2.24, 2.45) is 29.6 Å². The Labute approximate surface area is 140 Å². The summed E-state index contributed by atoms with van der Waals surface area (Å²) in [6, 6.07) is 0.593. The Morgan fingerprint density at radius 2 is 1.87 bits per heavy atom. The summed E-state index contributed by atoms with van der Waals surface area (Å²) in [6.45, 7) is 4.43. The van der Waals surface area contributed by atoms with Gasteiger partial charge in [0.05, 0.1) is 0 Å². The predicted molar refractivity (Wildman–Crippen MR) is 92.5 cm³/mol. The molecule has 0 aromatic carbocycles. The van der Waals surface area contributed by atoms with Gasteiger partial charge >= 0.3 is 0 Å². The summed E-state index contributed by atoms with van der Waals surface area (Å²) < 4.78 is 0. The van der Waals surface area contributed by atoms with Crippen molar-refractivity contribution in [2.45, 2.75) is 64.3 Å². The van der Waals surface area contributed by atoms with Crippen LogP contribution in [0.4, 0.5) is 0 Å². The summed E-state index contributed by atoms with van der Waals surface area (Å²) in [5, 5.41) is 20.0. The molecule has 2 saturated carbocycles. The van der Waals surface area contributed by atoms with Crippen molar-refractivity contribution in [3.8, 4) is 0 Å². The second kappa shape index (κ2) is 6.73. The van der Waals surface area contributed by atoms with Gasteiger partial charge in [0.1, 0.15) is 0 Å². The molecule has 0 spiro atoms. The van der Waals surface area contributed by atoms with Crippen LogP contribution in [-0.2, 0) is 0 Å². The van der Waals surface area contributed by atoms with Gasteiger partial charge in [-0.15, -0.1) is 0 Å². The normalized spacial score (nSPS) is 45.2. The van der Waals surface area contributed by atoms with Crippen molar-refractivity contribution in [3.05, 3.63) is 11.8 Å². The molecule has 0 bridgehead atoms. The number of hydrogen-bond donors (Lipinski definition) is 4. The third kappa shape index (κ3) is 3.45. The zero-order chi connectivity index (χ0) is 15.8. The number of aliphatic hydroxyl groups excluding tert-OH is 1. The maximum absolute atomic E-state index is 9.87. The summed E-state index contributed by atoms with van der Waals surface area (Å²) in [5.74, 6) is 4.32. The zero-order valence-electron chi connectivity index (χ0n) is 14.4. The van der Waals surface area contributed by atoms with Gasteiger partial charge in [-0.2, -0.15) is 0 Å². The Hall–Kier alpha value is -0.580. The number of aliphatic hydroxyl groups is 1. The van der Waals surface area contributed by atoms with Crippen LogP contribution in [0.5, 0.6) is 0 Å². The molecule has 1 saturated heterocycles. The van der Waals surface area contributed by atoms with Gasteiger partial charge in [0, 0.05) is 24.2 Å². The minimum Gasteiger partial charge on any atom is -0.361 e. The molecule has 4 N–H and O–H groups in total. The molecule has 130 valence electrons. The van der Waals surface area contributed by atoms with Crippen LogP contribution in [0, 0.1) is 29.6 Å². The Morgan fingerprint density at radius 3 is 2.61 bits per heavy atom. The second-order valence-corrected chi connectivity index (χ2v) is 8.39. The minimum atomic E-state index is -0.581. The van der Waals surface area contributed by atoms with E-state index in [1.54, 1.807) is 0 Å². The van der Waals surface area contributed by atoms with Crippen molar-refractivity contribution in [1.29, 1.82) is 0 Å². The molecule has 6 unspecified atom stereocenters. The van der Waals surface area contributed by atoms with Gasteiger partial charge in [-0.25, -0.2) is 0 Å². The fraction of sp³-hybridized carbons (Fsp3) is 0.895. The highest BCUT2D eigenvalue weighted by Crippen LogP contribution is 2.49. The second-order valence-electron chi connectivity index (χ2n) is 8.39. The fourth-order valence-corrected chi connectivity index (χ4v) is 5.58. The Bertz CT molecular complexity index is 448. The highest BCUT2D eigenvalue weighted by molar-refractivity contribution is 5.14. The summed E-state index contributed by atoms with van der Waals surface area (Å²) in [4.78, 5) is 0. The summed E-state index contributed by atoms with van der Waals surface area (Å²) in [5.41, 5.74) is 1.27. The fourth-order valence-electron chi connectivity index (χ4n) is 5.58. The Balaban J connectivity index is 1.44. The average Bonchev–Trinajstić information content (AvgIpc) is 3.39. The number of hydrogen-bond acceptors (Lipinski definition) is 4. The lowest BCUT2D eigenvalue weighted by atomic mass is 9.67. The SMILES string of the molecule is CC1CC(C2NCCCC2C2=CCNC(O)N2)CCC1C1CC1. The molecular formula is C19H33N3O. The molecule has 4 aliphatic rings. The molecule has 2 aliphatic carbocycles. The van der Waals surface area contributed by atoms with E-state index >= 15 is 0 Å². The largest absolute Gasteiger partial charge is 0.361 e. The maximum atomic E-state index is 9.87. The molecule has 0 aromatic heterocycles. The molecule has 4 rings (SSSR count). The van der Waals surface area contributed by atoms with E-state index in [-0.39, 0.29) is 0 Å². The van der Waals surface area contributed by atoms with Crippen molar-refractivity contribution in [3.63, 3.8) is 0 Å². The molecule has 6 atom stereocenters. The molecule has 2 heterocycles. The minimum absolute atomic E-state index is 0.551. The van der Waals surface area contributed by atoms with Crippen LogP contribution in [-0.4, -0.2) is 30.6 Å². The van der Waals surface area contributed by atoms with E-state index in [1.807, 2.05) is 0 Å². The van der Waals surface area contributed by atoms with E-state index in [4.69, 9.17) is 0 Å².